The Labute approximate surface area is 179 Å². The smallest absolute Gasteiger partial charge is 0.324 e. The molecule has 0 spiro atoms. The standard InChI is InChI=1S/C23H34NO3PS/c1-2-3-4-5-6-17-29-23-10-7-9-22(18-23)21-13-11-20(12-14-21)19-24-15-8-16-28(25,26)27/h7,9-14,18,24H,2-6,8,15-17,19H2,1H3,(H2,25,26,27). The van der Waals surface area contributed by atoms with Crippen molar-refractivity contribution < 1.29 is 14.4 Å². The number of hydrogen-bond donors (Lipinski definition) is 3. The van der Waals surface area contributed by atoms with Crippen LogP contribution in [-0.2, 0) is 11.1 Å². The lowest BCUT2D eigenvalue weighted by molar-refractivity contribution is 0.371. The molecule has 0 radical (unpaired) electrons. The molecule has 29 heavy (non-hydrogen) atoms. The lowest BCUT2D eigenvalue weighted by Crippen LogP contribution is -2.15. The zero-order valence-corrected chi connectivity index (χ0v) is 19.1. The van der Waals surface area contributed by atoms with E-state index in [0.29, 0.717) is 19.5 Å². The van der Waals surface area contributed by atoms with Gasteiger partial charge < -0.3 is 15.1 Å². The predicted octanol–water partition coefficient (Wildman–Crippen LogP) is 6.07. The number of unbranched alkanes of at least 4 members (excludes halogenated alkanes) is 4. The summed E-state index contributed by atoms with van der Waals surface area (Å²) in [5, 5.41) is 3.24. The van der Waals surface area contributed by atoms with E-state index in [2.05, 4.69) is 60.8 Å². The van der Waals surface area contributed by atoms with Crippen LogP contribution in [0.5, 0.6) is 0 Å². The highest BCUT2D eigenvalue weighted by atomic mass is 32.2. The molecule has 0 aromatic heterocycles. The minimum Gasteiger partial charge on any atom is -0.324 e. The molecular formula is C23H34NO3PS. The van der Waals surface area contributed by atoms with Gasteiger partial charge in [-0.1, -0.05) is 69.0 Å². The Morgan fingerprint density at radius 1 is 0.931 bits per heavy atom. The van der Waals surface area contributed by atoms with Crippen molar-refractivity contribution in [2.45, 2.75) is 56.9 Å². The monoisotopic (exact) mass is 435 g/mol. The average Bonchev–Trinajstić information content (AvgIpc) is 2.70. The molecular weight excluding hydrogens is 401 g/mol. The lowest BCUT2D eigenvalue weighted by Gasteiger charge is -2.08. The number of thioether (sulfide) groups is 1. The fourth-order valence-electron chi connectivity index (χ4n) is 3.12. The summed E-state index contributed by atoms with van der Waals surface area (Å²) in [4.78, 5) is 19.1. The first-order valence-corrected chi connectivity index (χ1v) is 13.3. The van der Waals surface area contributed by atoms with Crippen LogP contribution in [-0.4, -0.2) is 28.2 Å². The van der Waals surface area contributed by atoms with Gasteiger partial charge in [0.05, 0.1) is 6.16 Å². The molecule has 0 atom stereocenters. The first kappa shape index (κ1) is 24.2. The quantitative estimate of drug-likeness (QED) is 0.191. The van der Waals surface area contributed by atoms with Gasteiger partial charge in [-0.15, -0.1) is 11.8 Å². The SMILES string of the molecule is CCCCCCCSc1cccc(-c2ccc(CNCCCP(=O)(O)O)cc2)c1. The highest BCUT2D eigenvalue weighted by Crippen LogP contribution is 2.34. The molecule has 0 amide bonds. The summed E-state index contributed by atoms with van der Waals surface area (Å²) < 4.78 is 10.8. The van der Waals surface area contributed by atoms with Crippen molar-refractivity contribution in [2.24, 2.45) is 0 Å². The summed E-state index contributed by atoms with van der Waals surface area (Å²) in [6.45, 7) is 3.55. The van der Waals surface area contributed by atoms with Crippen LogP contribution < -0.4 is 5.32 Å². The number of rotatable bonds is 14. The van der Waals surface area contributed by atoms with Crippen molar-refractivity contribution in [2.75, 3.05) is 18.5 Å². The summed E-state index contributed by atoms with van der Waals surface area (Å²) in [5.74, 6) is 1.18. The van der Waals surface area contributed by atoms with E-state index in [9.17, 15) is 4.57 Å². The minimum atomic E-state index is -3.88. The molecule has 4 nitrogen and oxygen atoms in total. The Morgan fingerprint density at radius 3 is 2.41 bits per heavy atom. The summed E-state index contributed by atoms with van der Waals surface area (Å²) >= 11 is 1.94. The van der Waals surface area contributed by atoms with Crippen LogP contribution in [0.4, 0.5) is 0 Å². The van der Waals surface area contributed by atoms with E-state index in [0.717, 1.165) is 0 Å². The normalized spacial score (nSPS) is 11.7. The topological polar surface area (TPSA) is 69.6 Å². The number of hydrogen-bond acceptors (Lipinski definition) is 3. The van der Waals surface area contributed by atoms with Crippen LogP contribution in [0.15, 0.2) is 53.4 Å². The zero-order chi connectivity index (χ0) is 21.0. The molecule has 0 bridgehead atoms. The molecule has 3 N–H and O–H groups in total. The maximum absolute atomic E-state index is 10.8. The average molecular weight is 436 g/mol. The van der Waals surface area contributed by atoms with Crippen molar-refractivity contribution in [1.29, 1.82) is 0 Å². The van der Waals surface area contributed by atoms with Gasteiger partial charge in [-0.05, 0) is 54.0 Å². The highest BCUT2D eigenvalue weighted by molar-refractivity contribution is 7.99. The third kappa shape index (κ3) is 10.5. The van der Waals surface area contributed by atoms with Crippen molar-refractivity contribution in [1.82, 2.24) is 5.32 Å². The third-order valence-corrected chi connectivity index (χ3v) is 6.75. The van der Waals surface area contributed by atoms with Gasteiger partial charge in [-0.3, -0.25) is 4.57 Å². The largest absolute Gasteiger partial charge is 0.325 e. The van der Waals surface area contributed by atoms with E-state index in [-0.39, 0.29) is 6.16 Å². The molecule has 0 aliphatic rings. The minimum absolute atomic E-state index is 0.0635. The Hall–Kier alpha value is -1.10. The molecule has 2 aromatic rings. The first-order chi connectivity index (χ1) is 14.0. The molecule has 160 valence electrons. The maximum atomic E-state index is 10.8. The van der Waals surface area contributed by atoms with Gasteiger partial charge in [0.15, 0.2) is 0 Å². The second kappa shape index (κ2) is 13.3. The molecule has 0 fully saturated rings. The molecule has 0 saturated heterocycles. The van der Waals surface area contributed by atoms with Gasteiger partial charge in [0, 0.05) is 11.4 Å². The van der Waals surface area contributed by atoms with Crippen LogP contribution in [0.2, 0.25) is 0 Å². The Bertz CT molecular complexity index is 761. The second-order valence-corrected chi connectivity index (χ2v) is 10.4. The molecule has 6 heteroatoms. The van der Waals surface area contributed by atoms with Crippen LogP contribution >= 0.6 is 19.4 Å². The highest BCUT2D eigenvalue weighted by Gasteiger charge is 2.11. The van der Waals surface area contributed by atoms with Gasteiger partial charge in [0.25, 0.3) is 0 Å². The van der Waals surface area contributed by atoms with Crippen molar-refractivity contribution >= 4 is 19.4 Å². The van der Waals surface area contributed by atoms with Gasteiger partial charge in [0.1, 0.15) is 0 Å². The van der Waals surface area contributed by atoms with E-state index in [1.807, 2.05) is 11.8 Å². The van der Waals surface area contributed by atoms with Gasteiger partial charge in [-0.25, -0.2) is 0 Å². The van der Waals surface area contributed by atoms with Crippen LogP contribution in [0.3, 0.4) is 0 Å². The Kier molecular flexibility index (Phi) is 11.0. The molecule has 0 aliphatic carbocycles. The van der Waals surface area contributed by atoms with Crippen molar-refractivity contribution in [3.63, 3.8) is 0 Å². The summed E-state index contributed by atoms with van der Waals surface area (Å²) in [7, 11) is -3.88. The summed E-state index contributed by atoms with van der Waals surface area (Å²) in [6, 6.07) is 17.2. The summed E-state index contributed by atoms with van der Waals surface area (Å²) in [5.41, 5.74) is 3.62. The molecule has 2 aromatic carbocycles. The van der Waals surface area contributed by atoms with Crippen molar-refractivity contribution in [3.8, 4) is 11.1 Å². The predicted molar refractivity (Wildman–Crippen MR) is 125 cm³/mol. The Morgan fingerprint density at radius 2 is 1.69 bits per heavy atom. The van der Waals surface area contributed by atoms with Crippen LogP contribution in [0.1, 0.15) is 51.0 Å². The third-order valence-electron chi connectivity index (χ3n) is 4.77. The van der Waals surface area contributed by atoms with E-state index in [1.165, 1.54) is 59.4 Å². The van der Waals surface area contributed by atoms with E-state index >= 15 is 0 Å². The number of nitrogens with one attached hydrogen (secondary N) is 1. The van der Waals surface area contributed by atoms with Gasteiger partial charge in [-0.2, -0.15) is 0 Å². The number of benzene rings is 2. The molecule has 2 rings (SSSR count). The van der Waals surface area contributed by atoms with E-state index in [4.69, 9.17) is 9.79 Å². The second-order valence-electron chi connectivity index (χ2n) is 7.41. The fraction of sp³-hybridized carbons (Fsp3) is 0.478. The van der Waals surface area contributed by atoms with Crippen LogP contribution in [0.25, 0.3) is 11.1 Å². The van der Waals surface area contributed by atoms with E-state index in [1.54, 1.807) is 0 Å². The molecule has 0 heterocycles. The molecule has 0 aliphatic heterocycles. The van der Waals surface area contributed by atoms with Crippen LogP contribution in [0, 0.1) is 0 Å². The molecule has 0 saturated carbocycles. The molecule has 0 unspecified atom stereocenters. The lowest BCUT2D eigenvalue weighted by atomic mass is 10.0. The van der Waals surface area contributed by atoms with E-state index < -0.39 is 7.60 Å². The van der Waals surface area contributed by atoms with Gasteiger partial charge in [0.2, 0.25) is 0 Å². The van der Waals surface area contributed by atoms with Crippen molar-refractivity contribution in [3.05, 3.63) is 54.1 Å². The maximum Gasteiger partial charge on any atom is 0.325 e. The summed E-state index contributed by atoms with van der Waals surface area (Å²) in [6.07, 6.45) is 7.01. The Balaban J connectivity index is 1.78. The first-order valence-electron chi connectivity index (χ1n) is 10.6. The zero-order valence-electron chi connectivity index (χ0n) is 17.3. The fourth-order valence-corrected chi connectivity index (χ4v) is 4.66. The van der Waals surface area contributed by atoms with Gasteiger partial charge >= 0.3 is 7.60 Å².